The van der Waals surface area contributed by atoms with Crippen molar-refractivity contribution in [3.63, 3.8) is 0 Å². The van der Waals surface area contributed by atoms with E-state index in [-0.39, 0.29) is 25.3 Å². The van der Waals surface area contributed by atoms with Crippen LogP contribution in [0.25, 0.3) is 0 Å². The summed E-state index contributed by atoms with van der Waals surface area (Å²) >= 11 is 0. The highest BCUT2D eigenvalue weighted by atomic mass is 19.4. The number of hydrogen-bond acceptors (Lipinski definition) is 4. The highest BCUT2D eigenvalue weighted by Crippen LogP contribution is 2.32. The topological polar surface area (TPSA) is 78.5 Å². The summed E-state index contributed by atoms with van der Waals surface area (Å²) in [6, 6.07) is 3.13. The second kappa shape index (κ2) is 5.77. The van der Waals surface area contributed by atoms with Crippen LogP contribution in [-0.4, -0.2) is 29.0 Å². The largest absolute Gasteiger partial charge is 0.416 e. The Labute approximate surface area is 109 Å². The molecule has 19 heavy (non-hydrogen) atoms. The lowest BCUT2D eigenvalue weighted by molar-refractivity contribution is -0.137. The number of rotatable bonds is 5. The standard InChI is InChI=1S/C12H17F3N2O2/c1-11(6-18,7-19)17-10-3-2-9(12(13,14)15)4-8(10)5-16/h2-4,17-19H,5-7,16H2,1H3. The van der Waals surface area contributed by atoms with Gasteiger partial charge in [0.05, 0.1) is 24.3 Å². The summed E-state index contributed by atoms with van der Waals surface area (Å²) in [7, 11) is 0. The number of nitrogens with one attached hydrogen (secondary N) is 1. The van der Waals surface area contributed by atoms with E-state index in [1.165, 1.54) is 6.07 Å². The van der Waals surface area contributed by atoms with Crippen LogP contribution in [0.1, 0.15) is 18.1 Å². The van der Waals surface area contributed by atoms with E-state index in [0.717, 1.165) is 12.1 Å². The molecule has 0 unspecified atom stereocenters. The Morgan fingerprint density at radius 1 is 1.21 bits per heavy atom. The highest BCUT2D eigenvalue weighted by molar-refractivity contribution is 5.54. The van der Waals surface area contributed by atoms with E-state index in [2.05, 4.69) is 5.32 Å². The number of alkyl halides is 3. The van der Waals surface area contributed by atoms with Crippen LogP contribution in [0.15, 0.2) is 18.2 Å². The van der Waals surface area contributed by atoms with Crippen molar-refractivity contribution in [2.75, 3.05) is 18.5 Å². The predicted molar refractivity (Wildman–Crippen MR) is 65.5 cm³/mol. The van der Waals surface area contributed by atoms with Gasteiger partial charge in [0.1, 0.15) is 0 Å². The molecule has 4 nitrogen and oxygen atoms in total. The summed E-state index contributed by atoms with van der Waals surface area (Å²) in [5.74, 6) is 0. The third-order valence-corrected chi connectivity index (χ3v) is 2.79. The number of hydrogen-bond donors (Lipinski definition) is 4. The van der Waals surface area contributed by atoms with E-state index < -0.39 is 17.3 Å². The lowest BCUT2D eigenvalue weighted by Crippen LogP contribution is -2.42. The number of aliphatic hydroxyl groups excluding tert-OH is 2. The predicted octanol–water partition coefficient (Wildman–Crippen LogP) is 1.32. The van der Waals surface area contributed by atoms with Gasteiger partial charge in [-0.1, -0.05) is 0 Å². The molecule has 7 heteroatoms. The van der Waals surface area contributed by atoms with Gasteiger partial charge in [-0.05, 0) is 30.7 Å². The molecule has 0 bridgehead atoms. The van der Waals surface area contributed by atoms with Gasteiger partial charge in [-0.3, -0.25) is 0 Å². The fourth-order valence-corrected chi connectivity index (χ4v) is 1.52. The van der Waals surface area contributed by atoms with Gasteiger partial charge in [0, 0.05) is 12.2 Å². The SMILES string of the molecule is CC(CO)(CO)Nc1ccc(C(F)(F)F)cc1CN. The first-order valence-electron chi connectivity index (χ1n) is 5.66. The Balaban J connectivity index is 3.10. The smallest absolute Gasteiger partial charge is 0.394 e. The van der Waals surface area contributed by atoms with Crippen LogP contribution >= 0.6 is 0 Å². The van der Waals surface area contributed by atoms with Gasteiger partial charge >= 0.3 is 6.18 Å². The highest BCUT2D eigenvalue weighted by Gasteiger charge is 2.31. The third-order valence-electron chi connectivity index (χ3n) is 2.79. The summed E-state index contributed by atoms with van der Waals surface area (Å²) in [4.78, 5) is 0. The van der Waals surface area contributed by atoms with Gasteiger partial charge in [0.25, 0.3) is 0 Å². The number of benzene rings is 1. The van der Waals surface area contributed by atoms with Crippen molar-refractivity contribution in [1.29, 1.82) is 0 Å². The van der Waals surface area contributed by atoms with Crippen molar-refractivity contribution in [3.8, 4) is 0 Å². The minimum atomic E-state index is -4.43. The van der Waals surface area contributed by atoms with Crippen LogP contribution in [-0.2, 0) is 12.7 Å². The zero-order valence-corrected chi connectivity index (χ0v) is 10.5. The van der Waals surface area contributed by atoms with Crippen LogP contribution in [0.5, 0.6) is 0 Å². The van der Waals surface area contributed by atoms with Crippen LogP contribution in [0.4, 0.5) is 18.9 Å². The molecule has 0 aliphatic heterocycles. The lowest BCUT2D eigenvalue weighted by atomic mass is 10.0. The first-order chi connectivity index (χ1) is 8.75. The van der Waals surface area contributed by atoms with E-state index in [1.807, 2.05) is 0 Å². The normalized spacial score (nSPS) is 12.6. The van der Waals surface area contributed by atoms with Crippen molar-refractivity contribution in [1.82, 2.24) is 0 Å². The second-order valence-corrected chi connectivity index (χ2v) is 4.58. The fraction of sp³-hybridized carbons (Fsp3) is 0.500. The molecule has 0 aromatic heterocycles. The van der Waals surface area contributed by atoms with Crippen LogP contribution in [0.2, 0.25) is 0 Å². The van der Waals surface area contributed by atoms with E-state index in [1.54, 1.807) is 6.92 Å². The molecule has 1 aromatic carbocycles. The maximum atomic E-state index is 12.6. The molecule has 0 amide bonds. The Bertz CT molecular complexity index is 431. The molecule has 0 saturated carbocycles. The lowest BCUT2D eigenvalue weighted by Gasteiger charge is -2.29. The van der Waals surface area contributed by atoms with Crippen molar-refractivity contribution in [2.24, 2.45) is 5.73 Å². The molecular weight excluding hydrogens is 261 g/mol. The molecule has 0 radical (unpaired) electrons. The summed E-state index contributed by atoms with van der Waals surface area (Å²) in [5.41, 5.74) is 4.25. The number of halogens is 3. The summed E-state index contributed by atoms with van der Waals surface area (Å²) in [6.07, 6.45) is -4.43. The average molecular weight is 278 g/mol. The maximum Gasteiger partial charge on any atom is 0.416 e. The Hall–Kier alpha value is -1.31. The van der Waals surface area contributed by atoms with Gasteiger partial charge in [-0.25, -0.2) is 0 Å². The molecule has 0 saturated heterocycles. The zero-order chi connectivity index (χ0) is 14.7. The number of nitrogens with two attached hydrogens (primary N) is 1. The quantitative estimate of drug-likeness (QED) is 0.655. The van der Waals surface area contributed by atoms with Crippen molar-refractivity contribution >= 4 is 5.69 Å². The third kappa shape index (κ3) is 3.82. The molecule has 5 N–H and O–H groups in total. The van der Waals surface area contributed by atoms with Crippen LogP contribution in [0, 0.1) is 0 Å². The van der Waals surface area contributed by atoms with Gasteiger partial charge in [0.15, 0.2) is 0 Å². The number of anilines is 1. The van der Waals surface area contributed by atoms with Crippen LogP contribution in [0.3, 0.4) is 0 Å². The van der Waals surface area contributed by atoms with Crippen molar-refractivity contribution in [2.45, 2.75) is 25.2 Å². The van der Waals surface area contributed by atoms with Crippen LogP contribution < -0.4 is 11.1 Å². The molecule has 0 aliphatic rings. The van der Waals surface area contributed by atoms with Gasteiger partial charge in [-0.15, -0.1) is 0 Å². The molecular formula is C12H17F3N2O2. The Morgan fingerprint density at radius 3 is 2.21 bits per heavy atom. The summed E-state index contributed by atoms with van der Waals surface area (Å²) < 4.78 is 37.7. The van der Waals surface area contributed by atoms with E-state index >= 15 is 0 Å². The molecule has 0 aliphatic carbocycles. The van der Waals surface area contributed by atoms with E-state index in [9.17, 15) is 13.2 Å². The second-order valence-electron chi connectivity index (χ2n) is 4.58. The molecule has 108 valence electrons. The molecule has 0 atom stereocenters. The zero-order valence-electron chi connectivity index (χ0n) is 10.5. The average Bonchev–Trinajstić information content (AvgIpc) is 2.37. The minimum absolute atomic E-state index is 0.0841. The Kier molecular flexibility index (Phi) is 4.78. The maximum absolute atomic E-state index is 12.6. The first kappa shape index (κ1) is 15.7. The molecule has 0 spiro atoms. The van der Waals surface area contributed by atoms with Gasteiger partial charge in [-0.2, -0.15) is 13.2 Å². The summed E-state index contributed by atoms with van der Waals surface area (Å²) in [5, 5.41) is 21.1. The van der Waals surface area contributed by atoms with Crippen molar-refractivity contribution in [3.05, 3.63) is 29.3 Å². The molecule has 0 heterocycles. The molecule has 1 rings (SSSR count). The number of aliphatic hydroxyl groups is 2. The first-order valence-corrected chi connectivity index (χ1v) is 5.66. The van der Waals surface area contributed by atoms with Gasteiger partial charge < -0.3 is 21.3 Å². The minimum Gasteiger partial charge on any atom is -0.394 e. The summed E-state index contributed by atoms with van der Waals surface area (Å²) in [6.45, 7) is 0.729. The van der Waals surface area contributed by atoms with Gasteiger partial charge in [0.2, 0.25) is 0 Å². The monoisotopic (exact) mass is 278 g/mol. The Morgan fingerprint density at radius 2 is 1.79 bits per heavy atom. The fourth-order valence-electron chi connectivity index (χ4n) is 1.52. The van der Waals surface area contributed by atoms with E-state index in [4.69, 9.17) is 15.9 Å². The van der Waals surface area contributed by atoms with Crippen molar-refractivity contribution < 1.29 is 23.4 Å². The molecule has 1 aromatic rings. The molecule has 0 fully saturated rings. The van der Waals surface area contributed by atoms with E-state index in [0.29, 0.717) is 5.69 Å².